The minimum atomic E-state index is -3.16. The Balaban J connectivity index is 4.85. The first-order valence-electron chi connectivity index (χ1n) is 4.33. The molecule has 0 bridgehead atoms. The van der Waals surface area contributed by atoms with Gasteiger partial charge in [0, 0.05) is 6.26 Å². The zero-order chi connectivity index (χ0) is 11.6. The smallest absolute Gasteiger partial charge is 0.310 e. The quantitative estimate of drug-likeness (QED) is 0.665. The molecule has 0 N–H and O–H groups in total. The number of rotatable bonds is 3. The highest BCUT2D eigenvalue weighted by atomic mass is 32.2. The molecular weight excluding hydrogens is 204 g/mol. The number of ether oxygens (including phenoxy) is 1. The van der Waals surface area contributed by atoms with Crippen molar-refractivity contribution in [3.63, 3.8) is 0 Å². The second kappa shape index (κ2) is 4.29. The summed E-state index contributed by atoms with van der Waals surface area (Å²) in [6.07, 6.45) is 1.12. The summed E-state index contributed by atoms with van der Waals surface area (Å²) in [6, 6.07) is 0. The van der Waals surface area contributed by atoms with Crippen molar-refractivity contribution in [3.05, 3.63) is 0 Å². The predicted molar refractivity (Wildman–Crippen MR) is 54.7 cm³/mol. The second-order valence-corrected chi connectivity index (χ2v) is 6.72. The molecule has 0 saturated heterocycles. The van der Waals surface area contributed by atoms with E-state index in [4.69, 9.17) is 0 Å². The van der Waals surface area contributed by atoms with Gasteiger partial charge in [0.15, 0.2) is 0 Å². The first-order chi connectivity index (χ1) is 6.08. The summed E-state index contributed by atoms with van der Waals surface area (Å²) in [7, 11) is -1.90. The van der Waals surface area contributed by atoms with Gasteiger partial charge in [-0.25, -0.2) is 8.42 Å². The summed E-state index contributed by atoms with van der Waals surface area (Å²) in [4.78, 5) is 11.3. The number of hydrogen-bond donors (Lipinski definition) is 0. The Hall–Kier alpha value is -0.580. The normalized spacial score (nSPS) is 14.9. The van der Waals surface area contributed by atoms with Crippen LogP contribution in [0.1, 0.15) is 20.8 Å². The molecule has 0 aromatic heterocycles. The third kappa shape index (κ3) is 4.60. The van der Waals surface area contributed by atoms with E-state index >= 15 is 0 Å². The van der Waals surface area contributed by atoms with Crippen LogP contribution in [0.25, 0.3) is 0 Å². The average molecular weight is 222 g/mol. The van der Waals surface area contributed by atoms with E-state index in [1.54, 1.807) is 0 Å². The van der Waals surface area contributed by atoms with Crippen LogP contribution in [0.2, 0.25) is 0 Å². The fourth-order valence-corrected chi connectivity index (χ4v) is 2.36. The third-order valence-electron chi connectivity index (χ3n) is 2.00. The van der Waals surface area contributed by atoms with Gasteiger partial charge in [-0.15, -0.1) is 0 Å². The number of sulfone groups is 1. The Morgan fingerprint density at radius 1 is 1.36 bits per heavy atom. The first-order valence-corrected chi connectivity index (χ1v) is 6.39. The van der Waals surface area contributed by atoms with Gasteiger partial charge in [-0.05, 0) is 5.41 Å². The van der Waals surface area contributed by atoms with E-state index < -0.39 is 27.1 Å². The molecule has 0 heterocycles. The van der Waals surface area contributed by atoms with Gasteiger partial charge in [0.25, 0.3) is 0 Å². The lowest BCUT2D eigenvalue weighted by atomic mass is 9.82. The van der Waals surface area contributed by atoms with Gasteiger partial charge in [0.05, 0.1) is 18.8 Å². The standard InChI is InChI=1S/C9H18O4S/c1-9(2,3)7(8(10)13-4)6-14(5,11)12/h7H,6H2,1-5H3. The molecule has 0 radical (unpaired) electrons. The van der Waals surface area contributed by atoms with Crippen molar-refractivity contribution in [3.8, 4) is 0 Å². The fraction of sp³-hybridized carbons (Fsp3) is 0.889. The Labute approximate surface area is 85.6 Å². The third-order valence-corrected chi connectivity index (χ3v) is 2.94. The van der Waals surface area contributed by atoms with Gasteiger partial charge in [-0.2, -0.15) is 0 Å². The lowest BCUT2D eigenvalue weighted by Gasteiger charge is -2.27. The van der Waals surface area contributed by atoms with E-state index in [1.165, 1.54) is 7.11 Å². The van der Waals surface area contributed by atoms with E-state index in [0.717, 1.165) is 6.26 Å². The van der Waals surface area contributed by atoms with E-state index in [0.29, 0.717) is 0 Å². The molecule has 0 aliphatic carbocycles. The SMILES string of the molecule is COC(=O)C(CS(C)(=O)=O)C(C)(C)C. The van der Waals surface area contributed by atoms with Gasteiger partial charge in [0.1, 0.15) is 9.84 Å². The molecule has 0 aliphatic rings. The molecule has 0 aromatic rings. The molecule has 0 aromatic carbocycles. The molecule has 1 atom stereocenters. The van der Waals surface area contributed by atoms with Crippen molar-refractivity contribution in [2.24, 2.45) is 11.3 Å². The van der Waals surface area contributed by atoms with Crippen LogP contribution in [0.5, 0.6) is 0 Å². The molecule has 0 amide bonds. The number of methoxy groups -OCH3 is 1. The van der Waals surface area contributed by atoms with Crippen LogP contribution in [0.3, 0.4) is 0 Å². The van der Waals surface area contributed by atoms with Crippen LogP contribution < -0.4 is 0 Å². The van der Waals surface area contributed by atoms with Crippen LogP contribution in [-0.4, -0.2) is 33.5 Å². The summed E-state index contributed by atoms with van der Waals surface area (Å²) in [5.74, 6) is -1.24. The summed E-state index contributed by atoms with van der Waals surface area (Å²) in [5, 5.41) is 0. The Kier molecular flexibility index (Phi) is 4.12. The molecule has 4 nitrogen and oxygen atoms in total. The van der Waals surface area contributed by atoms with Crippen LogP contribution in [0, 0.1) is 11.3 Å². The second-order valence-electron chi connectivity index (χ2n) is 4.53. The average Bonchev–Trinajstić information content (AvgIpc) is 1.95. The van der Waals surface area contributed by atoms with Gasteiger partial charge in [0.2, 0.25) is 0 Å². The van der Waals surface area contributed by atoms with E-state index in [2.05, 4.69) is 4.74 Å². The highest BCUT2D eigenvalue weighted by Gasteiger charge is 2.34. The van der Waals surface area contributed by atoms with Gasteiger partial charge in [-0.3, -0.25) is 4.79 Å². The lowest BCUT2D eigenvalue weighted by Crippen LogP contribution is -2.35. The van der Waals surface area contributed by atoms with Gasteiger partial charge >= 0.3 is 5.97 Å². The number of carbonyl (C=O) groups is 1. The van der Waals surface area contributed by atoms with E-state index in [1.807, 2.05) is 20.8 Å². The van der Waals surface area contributed by atoms with E-state index in [-0.39, 0.29) is 5.75 Å². The highest BCUT2D eigenvalue weighted by molar-refractivity contribution is 7.90. The molecule has 0 spiro atoms. The molecule has 1 unspecified atom stereocenters. The maximum Gasteiger partial charge on any atom is 0.310 e. The molecule has 5 heteroatoms. The molecule has 14 heavy (non-hydrogen) atoms. The summed E-state index contributed by atoms with van der Waals surface area (Å²) in [5.41, 5.74) is -0.407. The summed E-state index contributed by atoms with van der Waals surface area (Å²) in [6.45, 7) is 5.46. The number of esters is 1. The van der Waals surface area contributed by atoms with Crippen molar-refractivity contribution in [2.45, 2.75) is 20.8 Å². The van der Waals surface area contributed by atoms with Gasteiger partial charge < -0.3 is 4.74 Å². The fourth-order valence-electron chi connectivity index (χ4n) is 1.12. The Bertz CT molecular complexity index is 297. The molecule has 0 fully saturated rings. The molecule has 0 aliphatic heterocycles. The highest BCUT2D eigenvalue weighted by Crippen LogP contribution is 2.28. The van der Waals surface area contributed by atoms with Crippen molar-refractivity contribution < 1.29 is 17.9 Å². The molecule has 0 saturated carbocycles. The largest absolute Gasteiger partial charge is 0.469 e. The van der Waals surface area contributed by atoms with Crippen LogP contribution >= 0.6 is 0 Å². The number of hydrogen-bond acceptors (Lipinski definition) is 4. The van der Waals surface area contributed by atoms with Crippen LogP contribution in [-0.2, 0) is 19.4 Å². The van der Waals surface area contributed by atoms with E-state index in [9.17, 15) is 13.2 Å². The van der Waals surface area contributed by atoms with Crippen molar-refractivity contribution in [2.75, 3.05) is 19.1 Å². The first kappa shape index (κ1) is 13.4. The topological polar surface area (TPSA) is 60.4 Å². The Morgan fingerprint density at radius 3 is 2.00 bits per heavy atom. The van der Waals surface area contributed by atoms with Crippen molar-refractivity contribution >= 4 is 15.8 Å². The van der Waals surface area contributed by atoms with Crippen LogP contribution in [0.4, 0.5) is 0 Å². The van der Waals surface area contributed by atoms with Crippen LogP contribution in [0.15, 0.2) is 0 Å². The summed E-state index contributed by atoms with van der Waals surface area (Å²) < 4.78 is 26.8. The maximum absolute atomic E-state index is 11.3. The molecular formula is C9H18O4S. The zero-order valence-corrected chi connectivity index (χ0v) is 10.1. The molecule has 84 valence electrons. The van der Waals surface area contributed by atoms with Crippen molar-refractivity contribution in [1.82, 2.24) is 0 Å². The van der Waals surface area contributed by atoms with Crippen molar-refractivity contribution in [1.29, 1.82) is 0 Å². The molecule has 0 rings (SSSR count). The lowest BCUT2D eigenvalue weighted by molar-refractivity contribution is -0.148. The predicted octanol–water partition coefficient (Wildman–Crippen LogP) is 0.866. The number of carbonyl (C=O) groups excluding carboxylic acids is 1. The Morgan fingerprint density at radius 2 is 1.79 bits per heavy atom. The monoisotopic (exact) mass is 222 g/mol. The zero-order valence-electron chi connectivity index (χ0n) is 9.33. The minimum Gasteiger partial charge on any atom is -0.469 e. The minimum absolute atomic E-state index is 0.164. The van der Waals surface area contributed by atoms with Gasteiger partial charge in [-0.1, -0.05) is 20.8 Å². The summed E-state index contributed by atoms with van der Waals surface area (Å²) >= 11 is 0. The maximum atomic E-state index is 11.3.